The minimum Gasteiger partial charge on any atom is -0.508 e. The smallest absolute Gasteiger partial charge is 0.277 e. The molecule has 2 aromatic carbocycles. The summed E-state index contributed by atoms with van der Waals surface area (Å²) in [6.07, 6.45) is 0. The highest BCUT2D eigenvalue weighted by molar-refractivity contribution is 6.37. The molecule has 126 valence electrons. The normalized spacial score (nSPS) is 13.8. The van der Waals surface area contributed by atoms with E-state index in [1.165, 1.54) is 30.3 Å². The molecule has 8 heteroatoms. The molecule has 0 bridgehead atoms. The van der Waals surface area contributed by atoms with Crippen LogP contribution < -0.4 is 10.6 Å². The number of anilines is 1. The number of carbonyl (C=O) groups is 2. The number of carbonyl (C=O) groups excluding carboxylic acids is 2. The van der Waals surface area contributed by atoms with Crippen molar-refractivity contribution in [3.8, 4) is 5.75 Å². The highest BCUT2D eigenvalue weighted by atomic mass is 16.6. The maximum atomic E-state index is 12.2. The van der Waals surface area contributed by atoms with Crippen LogP contribution in [0.2, 0.25) is 0 Å². The first-order valence-corrected chi connectivity index (χ1v) is 7.29. The monoisotopic (exact) mass is 339 g/mol. The van der Waals surface area contributed by atoms with Crippen LogP contribution in [0.15, 0.2) is 48.2 Å². The molecule has 1 heterocycles. The van der Waals surface area contributed by atoms with Gasteiger partial charge in [-0.2, -0.15) is 0 Å². The van der Waals surface area contributed by atoms with Crippen LogP contribution in [0.25, 0.3) is 5.57 Å². The Kier molecular flexibility index (Phi) is 3.94. The molecular weight excluding hydrogens is 326 g/mol. The highest BCUT2D eigenvalue weighted by Gasteiger charge is 2.34. The summed E-state index contributed by atoms with van der Waals surface area (Å²) in [4.78, 5) is 34.9. The lowest BCUT2D eigenvalue weighted by atomic mass is 10.0. The first-order valence-electron chi connectivity index (χ1n) is 7.29. The van der Waals surface area contributed by atoms with E-state index in [1.54, 1.807) is 19.1 Å². The number of imide groups is 1. The number of para-hydroxylation sites is 1. The number of nitro benzene ring substituents is 1. The highest BCUT2D eigenvalue weighted by Crippen LogP contribution is 2.32. The maximum absolute atomic E-state index is 12.2. The quantitative estimate of drug-likeness (QED) is 0.339. The van der Waals surface area contributed by atoms with Gasteiger partial charge in [0.1, 0.15) is 11.4 Å². The molecular formula is C17H13N3O5. The van der Waals surface area contributed by atoms with Gasteiger partial charge in [0.25, 0.3) is 17.5 Å². The number of amides is 2. The van der Waals surface area contributed by atoms with E-state index in [4.69, 9.17) is 0 Å². The van der Waals surface area contributed by atoms with Crippen molar-refractivity contribution < 1.29 is 19.6 Å². The molecule has 0 radical (unpaired) electrons. The average molecular weight is 339 g/mol. The number of nitrogens with one attached hydrogen (secondary N) is 2. The van der Waals surface area contributed by atoms with Crippen LogP contribution in [0.5, 0.6) is 5.75 Å². The van der Waals surface area contributed by atoms with E-state index in [-0.39, 0.29) is 28.3 Å². The summed E-state index contributed by atoms with van der Waals surface area (Å²) >= 11 is 0. The van der Waals surface area contributed by atoms with Crippen LogP contribution >= 0.6 is 0 Å². The predicted molar refractivity (Wildman–Crippen MR) is 89.6 cm³/mol. The molecule has 2 amide bonds. The number of nitro groups is 1. The second-order valence-corrected chi connectivity index (χ2v) is 5.43. The summed E-state index contributed by atoms with van der Waals surface area (Å²) in [7, 11) is 0. The van der Waals surface area contributed by atoms with Gasteiger partial charge in [0.2, 0.25) is 0 Å². The van der Waals surface area contributed by atoms with E-state index in [2.05, 4.69) is 10.6 Å². The van der Waals surface area contributed by atoms with Crippen molar-refractivity contribution in [3.63, 3.8) is 0 Å². The lowest BCUT2D eigenvalue weighted by Gasteiger charge is -2.09. The first kappa shape index (κ1) is 16.2. The maximum Gasteiger partial charge on any atom is 0.277 e. The molecule has 3 N–H and O–H groups in total. The molecule has 2 aromatic rings. The standard InChI is InChI=1S/C17H13N3O5/c1-9-8-10(6-7-13(9)21)18-15-14(16(22)19-17(15)23)11-4-2-3-5-12(11)20(24)25/h2-8,21H,1H3,(H2,18,19,22,23). The Hall–Kier alpha value is -3.68. The topological polar surface area (TPSA) is 122 Å². The number of benzene rings is 2. The van der Waals surface area contributed by atoms with E-state index in [1.807, 2.05) is 0 Å². The summed E-state index contributed by atoms with van der Waals surface area (Å²) in [5.74, 6) is -1.30. The lowest BCUT2D eigenvalue weighted by Crippen LogP contribution is -2.24. The molecule has 3 rings (SSSR count). The number of hydrogen-bond acceptors (Lipinski definition) is 6. The summed E-state index contributed by atoms with van der Waals surface area (Å²) in [6.45, 7) is 1.68. The van der Waals surface area contributed by atoms with E-state index < -0.39 is 16.7 Å². The van der Waals surface area contributed by atoms with Crippen LogP contribution in [0.4, 0.5) is 11.4 Å². The number of aryl methyl sites for hydroxylation is 1. The molecule has 0 fully saturated rings. The largest absolute Gasteiger partial charge is 0.508 e. The second-order valence-electron chi connectivity index (χ2n) is 5.43. The Bertz CT molecular complexity index is 949. The van der Waals surface area contributed by atoms with Gasteiger partial charge in [-0.15, -0.1) is 0 Å². The van der Waals surface area contributed by atoms with Gasteiger partial charge >= 0.3 is 0 Å². The van der Waals surface area contributed by atoms with Crippen molar-refractivity contribution in [2.45, 2.75) is 6.92 Å². The van der Waals surface area contributed by atoms with Gasteiger partial charge in [-0.1, -0.05) is 12.1 Å². The lowest BCUT2D eigenvalue weighted by molar-refractivity contribution is -0.385. The van der Waals surface area contributed by atoms with E-state index in [0.717, 1.165) is 0 Å². The minimum atomic E-state index is -0.711. The van der Waals surface area contributed by atoms with Crippen molar-refractivity contribution in [1.29, 1.82) is 0 Å². The third kappa shape index (κ3) is 2.92. The van der Waals surface area contributed by atoms with Crippen LogP contribution in [0.3, 0.4) is 0 Å². The molecule has 1 aliphatic heterocycles. The van der Waals surface area contributed by atoms with Gasteiger partial charge in [-0.05, 0) is 36.8 Å². The van der Waals surface area contributed by atoms with Crippen molar-refractivity contribution in [1.82, 2.24) is 5.32 Å². The third-order valence-corrected chi connectivity index (χ3v) is 3.77. The Morgan fingerprint density at radius 1 is 1.12 bits per heavy atom. The van der Waals surface area contributed by atoms with Crippen LogP contribution in [0.1, 0.15) is 11.1 Å². The van der Waals surface area contributed by atoms with Crippen molar-refractivity contribution >= 4 is 28.8 Å². The van der Waals surface area contributed by atoms with Gasteiger partial charge in [-0.25, -0.2) is 0 Å². The summed E-state index contributed by atoms with van der Waals surface area (Å²) in [6, 6.07) is 10.3. The molecule has 0 saturated carbocycles. The molecule has 8 nitrogen and oxygen atoms in total. The zero-order chi connectivity index (χ0) is 18.1. The van der Waals surface area contributed by atoms with Gasteiger partial charge in [0.05, 0.1) is 16.1 Å². The van der Waals surface area contributed by atoms with Gasteiger partial charge in [0, 0.05) is 11.8 Å². The molecule has 0 atom stereocenters. The van der Waals surface area contributed by atoms with Crippen LogP contribution in [-0.4, -0.2) is 21.8 Å². The van der Waals surface area contributed by atoms with Crippen LogP contribution in [-0.2, 0) is 9.59 Å². The number of nitrogens with zero attached hydrogens (tertiary/aromatic N) is 1. The Morgan fingerprint density at radius 2 is 1.84 bits per heavy atom. The Balaban J connectivity index is 2.13. The minimum absolute atomic E-state index is 0.0499. The molecule has 0 saturated heterocycles. The van der Waals surface area contributed by atoms with Gasteiger partial charge in [-0.3, -0.25) is 25.0 Å². The number of phenols is 1. The third-order valence-electron chi connectivity index (χ3n) is 3.77. The number of rotatable bonds is 4. The number of aromatic hydroxyl groups is 1. The molecule has 0 aliphatic carbocycles. The fraction of sp³-hybridized carbons (Fsp3) is 0.0588. The molecule has 0 unspecified atom stereocenters. The van der Waals surface area contributed by atoms with Crippen molar-refractivity contribution in [2.75, 3.05) is 5.32 Å². The Morgan fingerprint density at radius 3 is 2.52 bits per heavy atom. The van der Waals surface area contributed by atoms with Crippen LogP contribution in [0, 0.1) is 17.0 Å². The molecule has 0 spiro atoms. The van der Waals surface area contributed by atoms with E-state index in [0.29, 0.717) is 11.3 Å². The zero-order valence-corrected chi connectivity index (χ0v) is 13.1. The van der Waals surface area contributed by atoms with Gasteiger partial charge < -0.3 is 10.4 Å². The average Bonchev–Trinajstić information content (AvgIpc) is 2.84. The first-order chi connectivity index (χ1) is 11.9. The molecule has 25 heavy (non-hydrogen) atoms. The van der Waals surface area contributed by atoms with Crippen molar-refractivity contribution in [3.05, 3.63) is 69.4 Å². The SMILES string of the molecule is Cc1cc(NC2=C(c3ccccc3[N+](=O)[O-])C(=O)NC2=O)ccc1O. The predicted octanol–water partition coefficient (Wildman–Crippen LogP) is 2.09. The molecule has 1 aliphatic rings. The summed E-state index contributed by atoms with van der Waals surface area (Å²) < 4.78 is 0. The zero-order valence-electron chi connectivity index (χ0n) is 13.1. The fourth-order valence-electron chi connectivity index (χ4n) is 2.55. The summed E-state index contributed by atoms with van der Waals surface area (Å²) in [5, 5.41) is 25.8. The fourth-order valence-corrected chi connectivity index (χ4v) is 2.55. The number of hydrogen-bond donors (Lipinski definition) is 3. The molecule has 0 aromatic heterocycles. The Labute approximate surface area is 141 Å². The van der Waals surface area contributed by atoms with E-state index in [9.17, 15) is 24.8 Å². The second kappa shape index (κ2) is 6.08. The summed E-state index contributed by atoms with van der Waals surface area (Å²) in [5.41, 5.74) is 0.638. The number of phenolic OH excluding ortho intramolecular Hbond substituents is 1. The van der Waals surface area contributed by atoms with Gasteiger partial charge in [0.15, 0.2) is 0 Å². The van der Waals surface area contributed by atoms with E-state index >= 15 is 0 Å². The van der Waals surface area contributed by atoms with Crippen molar-refractivity contribution in [2.24, 2.45) is 0 Å².